The summed E-state index contributed by atoms with van der Waals surface area (Å²) in [7, 11) is 0. The first-order chi connectivity index (χ1) is 13.2. The fourth-order valence-electron chi connectivity index (χ4n) is 3.27. The Morgan fingerprint density at radius 2 is 1.96 bits per heavy atom. The van der Waals surface area contributed by atoms with Crippen LogP contribution in [0.5, 0.6) is 0 Å². The number of rotatable bonds is 4. The zero-order valence-electron chi connectivity index (χ0n) is 14.5. The maximum absolute atomic E-state index is 10.8. The van der Waals surface area contributed by atoms with Crippen molar-refractivity contribution in [2.45, 2.75) is 31.3 Å². The molecular weight excluding hydrogens is 366 g/mol. The highest BCUT2D eigenvalue weighted by Gasteiger charge is 2.31. The average molecular weight is 384 g/mol. The van der Waals surface area contributed by atoms with Crippen LogP contribution in [0.25, 0.3) is 11.1 Å². The van der Waals surface area contributed by atoms with Crippen LogP contribution in [0.1, 0.15) is 42.9 Å². The molecule has 1 aromatic carbocycles. The third kappa shape index (κ3) is 3.46. The van der Waals surface area contributed by atoms with Gasteiger partial charge in [0.1, 0.15) is 11.6 Å². The van der Waals surface area contributed by atoms with Crippen molar-refractivity contribution in [3.8, 4) is 6.07 Å². The van der Waals surface area contributed by atoms with Crippen molar-refractivity contribution in [3.63, 3.8) is 0 Å². The van der Waals surface area contributed by atoms with E-state index in [-0.39, 0.29) is 16.6 Å². The number of aliphatic hydroxyl groups is 1. The Balaban J connectivity index is 1.67. The molecule has 138 valence electrons. The first-order valence-corrected chi connectivity index (χ1v) is 9.25. The maximum Gasteiger partial charge on any atom is 0.225 e. The van der Waals surface area contributed by atoms with E-state index in [0.717, 1.165) is 25.9 Å². The molecule has 1 saturated heterocycles. The summed E-state index contributed by atoms with van der Waals surface area (Å²) in [5.41, 5.74) is 1.39. The lowest BCUT2D eigenvalue weighted by molar-refractivity contribution is 0.149. The van der Waals surface area contributed by atoms with Crippen LogP contribution in [-0.2, 0) is 0 Å². The van der Waals surface area contributed by atoms with E-state index in [1.54, 1.807) is 12.1 Å². The van der Waals surface area contributed by atoms with Crippen molar-refractivity contribution < 1.29 is 9.52 Å². The maximum atomic E-state index is 10.8. The summed E-state index contributed by atoms with van der Waals surface area (Å²) < 4.78 is 5.66. The number of fused-ring (bicyclic) bond motifs is 1. The number of piperidine rings is 1. The zero-order chi connectivity index (χ0) is 18.8. The van der Waals surface area contributed by atoms with E-state index in [4.69, 9.17) is 16.0 Å². The molecule has 8 heteroatoms. The average Bonchev–Trinajstić information content (AvgIpc) is 3.13. The number of nitrogens with zero attached hydrogens (tertiary/aromatic N) is 5. The second-order valence-corrected chi connectivity index (χ2v) is 6.93. The highest BCUT2D eigenvalue weighted by Crippen LogP contribution is 2.34. The van der Waals surface area contributed by atoms with Crippen molar-refractivity contribution in [1.29, 1.82) is 5.26 Å². The van der Waals surface area contributed by atoms with Gasteiger partial charge < -0.3 is 14.4 Å². The van der Waals surface area contributed by atoms with Crippen LogP contribution in [0, 0.1) is 11.3 Å². The van der Waals surface area contributed by atoms with Crippen LogP contribution in [-0.4, -0.2) is 33.1 Å². The number of aliphatic hydroxyl groups excluding tert-OH is 1. The van der Waals surface area contributed by atoms with E-state index < -0.39 is 12.0 Å². The van der Waals surface area contributed by atoms with Crippen LogP contribution in [0.3, 0.4) is 0 Å². The summed E-state index contributed by atoms with van der Waals surface area (Å²) >= 11 is 6.23. The molecule has 2 aromatic heterocycles. The molecule has 1 N–H and O–H groups in total. The summed E-state index contributed by atoms with van der Waals surface area (Å²) in [4.78, 5) is 15.1. The Morgan fingerprint density at radius 3 is 2.70 bits per heavy atom. The SMILES string of the molecule is N#CC(c1nc2ccccc2o1)C(O)c1nc(N2CCCCC2)ncc1Cl. The zero-order valence-corrected chi connectivity index (χ0v) is 15.3. The fraction of sp³-hybridized carbons (Fsp3) is 0.368. The molecule has 0 saturated carbocycles. The molecular formula is C19H18ClN5O2. The molecule has 0 radical (unpaired) electrons. The van der Waals surface area contributed by atoms with Gasteiger partial charge in [0.25, 0.3) is 0 Å². The van der Waals surface area contributed by atoms with Gasteiger partial charge in [-0.2, -0.15) is 5.26 Å². The highest BCUT2D eigenvalue weighted by atomic mass is 35.5. The van der Waals surface area contributed by atoms with Crippen LogP contribution in [0.2, 0.25) is 5.02 Å². The summed E-state index contributed by atoms with van der Waals surface area (Å²) in [6.45, 7) is 1.73. The van der Waals surface area contributed by atoms with Crippen LogP contribution >= 0.6 is 11.6 Å². The Bertz CT molecular complexity index is 960. The van der Waals surface area contributed by atoms with E-state index in [2.05, 4.69) is 25.9 Å². The Labute approximate surface area is 161 Å². The molecule has 2 atom stereocenters. The molecule has 7 nitrogen and oxygen atoms in total. The fourth-order valence-corrected chi connectivity index (χ4v) is 3.47. The molecule has 0 aliphatic carbocycles. The lowest BCUT2D eigenvalue weighted by Crippen LogP contribution is -2.31. The topological polar surface area (TPSA) is 99.1 Å². The summed E-state index contributed by atoms with van der Waals surface area (Å²) in [6, 6.07) is 9.27. The van der Waals surface area contributed by atoms with Gasteiger partial charge in [0.2, 0.25) is 11.8 Å². The van der Waals surface area contributed by atoms with E-state index in [9.17, 15) is 10.4 Å². The molecule has 1 fully saturated rings. The third-order valence-electron chi connectivity index (χ3n) is 4.71. The predicted octanol–water partition coefficient (Wildman–Crippen LogP) is 3.60. The van der Waals surface area contributed by atoms with Gasteiger partial charge in [-0.3, -0.25) is 0 Å². The number of benzene rings is 1. The van der Waals surface area contributed by atoms with Gasteiger partial charge in [0, 0.05) is 13.1 Å². The van der Waals surface area contributed by atoms with E-state index in [0.29, 0.717) is 17.0 Å². The quantitative estimate of drug-likeness (QED) is 0.734. The van der Waals surface area contributed by atoms with Crippen molar-refractivity contribution in [1.82, 2.24) is 15.0 Å². The van der Waals surface area contributed by atoms with Crippen LogP contribution < -0.4 is 4.90 Å². The molecule has 4 rings (SSSR count). The molecule has 27 heavy (non-hydrogen) atoms. The van der Waals surface area contributed by atoms with Crippen LogP contribution in [0.4, 0.5) is 5.95 Å². The molecule has 3 heterocycles. The molecule has 2 unspecified atom stereocenters. The number of oxazole rings is 1. The number of halogens is 1. The lowest BCUT2D eigenvalue weighted by Gasteiger charge is -2.27. The largest absolute Gasteiger partial charge is 0.439 e. The summed E-state index contributed by atoms with van der Waals surface area (Å²) in [5, 5.41) is 20.7. The van der Waals surface area contributed by atoms with Gasteiger partial charge >= 0.3 is 0 Å². The number of hydrogen-bond acceptors (Lipinski definition) is 7. The van der Waals surface area contributed by atoms with Gasteiger partial charge in [0.05, 0.1) is 23.0 Å². The molecule has 0 spiro atoms. The molecule has 1 aliphatic rings. The van der Waals surface area contributed by atoms with Gasteiger partial charge in [0.15, 0.2) is 11.5 Å². The standard InChI is InChI=1S/C19H18ClN5O2/c20-13-11-22-19(25-8-4-1-5-9-25)24-16(13)17(26)12(10-21)18-23-14-6-2-3-7-15(14)27-18/h2-3,6-7,11-12,17,26H,1,4-5,8-9H2. The second-order valence-electron chi connectivity index (χ2n) is 6.52. The first-order valence-electron chi connectivity index (χ1n) is 8.88. The van der Waals surface area contributed by atoms with E-state index >= 15 is 0 Å². The number of para-hydroxylation sites is 2. The molecule has 3 aromatic rings. The normalized spacial score (nSPS) is 16.9. The molecule has 0 bridgehead atoms. The number of aromatic nitrogens is 3. The summed E-state index contributed by atoms with van der Waals surface area (Å²) in [6.07, 6.45) is 3.54. The van der Waals surface area contributed by atoms with Gasteiger partial charge in [-0.05, 0) is 31.4 Å². The van der Waals surface area contributed by atoms with Gasteiger partial charge in [-0.1, -0.05) is 23.7 Å². The van der Waals surface area contributed by atoms with E-state index in [1.165, 1.54) is 12.6 Å². The minimum Gasteiger partial charge on any atom is -0.439 e. The minimum absolute atomic E-state index is 0.139. The molecule has 0 amide bonds. The number of nitriles is 1. The number of hydrogen-bond donors (Lipinski definition) is 1. The Kier molecular flexibility index (Phi) is 4.92. The highest BCUT2D eigenvalue weighted by molar-refractivity contribution is 6.31. The lowest BCUT2D eigenvalue weighted by atomic mass is 10.0. The number of anilines is 1. The van der Waals surface area contributed by atoms with Crippen molar-refractivity contribution >= 4 is 28.6 Å². The smallest absolute Gasteiger partial charge is 0.225 e. The van der Waals surface area contributed by atoms with Crippen LogP contribution in [0.15, 0.2) is 34.9 Å². The van der Waals surface area contributed by atoms with Crippen molar-refractivity contribution in [3.05, 3.63) is 47.1 Å². The summed E-state index contributed by atoms with van der Waals surface area (Å²) in [5.74, 6) is -0.373. The third-order valence-corrected chi connectivity index (χ3v) is 5.00. The van der Waals surface area contributed by atoms with E-state index in [1.807, 2.05) is 12.1 Å². The minimum atomic E-state index is -1.28. The second kappa shape index (κ2) is 7.51. The monoisotopic (exact) mass is 383 g/mol. The van der Waals surface area contributed by atoms with Crippen molar-refractivity contribution in [2.75, 3.05) is 18.0 Å². The van der Waals surface area contributed by atoms with Gasteiger partial charge in [-0.25, -0.2) is 15.0 Å². The first kappa shape index (κ1) is 17.7. The predicted molar refractivity (Wildman–Crippen MR) is 100 cm³/mol. The molecule has 1 aliphatic heterocycles. The Hall–Kier alpha value is -2.69. The Morgan fingerprint density at radius 1 is 1.19 bits per heavy atom. The van der Waals surface area contributed by atoms with Crippen molar-refractivity contribution in [2.24, 2.45) is 0 Å². The van der Waals surface area contributed by atoms with Gasteiger partial charge in [-0.15, -0.1) is 0 Å².